The maximum Gasteiger partial charge on any atom is 0.246 e. The molecule has 0 saturated carbocycles. The summed E-state index contributed by atoms with van der Waals surface area (Å²) in [6, 6.07) is 13.7. The smallest absolute Gasteiger partial charge is 0.246 e. The van der Waals surface area contributed by atoms with Gasteiger partial charge in [-0.15, -0.1) is 0 Å². The Hall–Kier alpha value is -1.76. The predicted octanol–water partition coefficient (Wildman–Crippen LogP) is 3.63. The van der Waals surface area contributed by atoms with Gasteiger partial charge >= 0.3 is 0 Å². The number of nitrogens with one attached hydrogen (secondary N) is 1. The Labute approximate surface area is 162 Å². The van der Waals surface area contributed by atoms with Crippen molar-refractivity contribution in [2.24, 2.45) is 0 Å². The average molecular weight is 413 g/mol. The molecule has 1 saturated heterocycles. The molecule has 0 unspecified atom stereocenters. The topological polar surface area (TPSA) is 66.5 Å². The Morgan fingerprint density at radius 2 is 1.88 bits per heavy atom. The lowest BCUT2D eigenvalue weighted by molar-refractivity contribution is -0.117. The van der Waals surface area contributed by atoms with Crippen LogP contribution in [-0.2, 0) is 14.6 Å². The maximum atomic E-state index is 12.9. The molecule has 0 radical (unpaired) electrons. The molecule has 1 heterocycles. The number of halogens is 2. The summed E-state index contributed by atoms with van der Waals surface area (Å²) in [4.78, 5) is 14.5. The van der Waals surface area contributed by atoms with Crippen LogP contribution in [0, 0.1) is 0 Å². The number of rotatable bonds is 5. The molecule has 1 atom stereocenters. The van der Waals surface area contributed by atoms with Crippen LogP contribution in [0.15, 0.2) is 48.5 Å². The quantitative estimate of drug-likeness (QED) is 0.813. The Bertz CT molecular complexity index is 904. The van der Waals surface area contributed by atoms with E-state index in [-0.39, 0.29) is 30.0 Å². The Morgan fingerprint density at radius 3 is 2.54 bits per heavy atom. The molecule has 1 fully saturated rings. The number of hydrogen-bond donors (Lipinski definition) is 1. The first kappa shape index (κ1) is 19.0. The Kier molecular flexibility index (Phi) is 5.75. The molecule has 8 heteroatoms. The van der Waals surface area contributed by atoms with Crippen LogP contribution in [0.4, 0.5) is 11.4 Å². The number of carbonyl (C=O) groups is 1. The molecule has 1 N–H and O–H groups in total. The van der Waals surface area contributed by atoms with Gasteiger partial charge in [0.25, 0.3) is 0 Å². The van der Waals surface area contributed by atoms with E-state index >= 15 is 0 Å². The second-order valence-corrected chi connectivity index (χ2v) is 9.21. The molecule has 1 amide bonds. The van der Waals surface area contributed by atoms with Gasteiger partial charge in [-0.1, -0.05) is 41.4 Å². The molecular formula is C18H18Cl2N2O3S. The minimum atomic E-state index is -3.11. The molecule has 0 bridgehead atoms. The van der Waals surface area contributed by atoms with E-state index in [9.17, 15) is 13.2 Å². The van der Waals surface area contributed by atoms with Crippen molar-refractivity contribution < 1.29 is 13.2 Å². The number of carbonyl (C=O) groups excluding carboxylic acids is 1. The molecule has 0 aromatic heterocycles. The standard InChI is InChI=1S/C18H18Cl2N2O3S/c19-13-6-7-16(20)17(10-13)21-11-18(23)22(14-4-2-1-3-5-14)15-8-9-26(24,25)12-15/h1-7,10,15,21H,8-9,11-12H2/t15-/m0/s1. The first-order valence-corrected chi connectivity index (χ1v) is 10.7. The molecule has 3 rings (SSSR count). The van der Waals surface area contributed by atoms with Crippen LogP contribution >= 0.6 is 23.2 Å². The monoisotopic (exact) mass is 412 g/mol. The second kappa shape index (κ2) is 7.86. The zero-order chi connectivity index (χ0) is 18.7. The van der Waals surface area contributed by atoms with E-state index in [1.165, 1.54) is 0 Å². The SMILES string of the molecule is O=C(CNc1cc(Cl)ccc1Cl)N(c1ccccc1)[C@H]1CCS(=O)(=O)C1. The molecule has 138 valence electrons. The first-order valence-electron chi connectivity index (χ1n) is 8.12. The van der Waals surface area contributed by atoms with Crippen LogP contribution < -0.4 is 10.2 Å². The van der Waals surface area contributed by atoms with Crippen LogP contribution in [0.5, 0.6) is 0 Å². The summed E-state index contributed by atoms with van der Waals surface area (Å²) in [6.45, 7) is -0.0223. The average Bonchev–Trinajstić information content (AvgIpc) is 2.96. The molecule has 0 spiro atoms. The van der Waals surface area contributed by atoms with Gasteiger partial charge in [0.1, 0.15) is 0 Å². The van der Waals surface area contributed by atoms with Gasteiger partial charge in [-0.25, -0.2) is 8.42 Å². The number of hydrogen-bond acceptors (Lipinski definition) is 4. The van der Waals surface area contributed by atoms with E-state index in [1.54, 1.807) is 35.2 Å². The number of para-hydroxylation sites is 1. The van der Waals surface area contributed by atoms with Gasteiger partial charge in [0, 0.05) is 10.7 Å². The first-order chi connectivity index (χ1) is 12.4. The van der Waals surface area contributed by atoms with E-state index in [0.717, 1.165) is 0 Å². The summed E-state index contributed by atoms with van der Waals surface area (Å²) in [6.07, 6.45) is 0.431. The zero-order valence-corrected chi connectivity index (χ0v) is 16.2. The number of amides is 1. The fourth-order valence-corrected chi connectivity index (χ4v) is 5.07. The third kappa shape index (κ3) is 4.50. The van der Waals surface area contributed by atoms with Gasteiger partial charge in [0.2, 0.25) is 5.91 Å². The largest absolute Gasteiger partial charge is 0.375 e. The molecule has 0 aliphatic carbocycles. The van der Waals surface area contributed by atoms with Gasteiger partial charge in [0.05, 0.1) is 34.8 Å². The van der Waals surface area contributed by atoms with E-state index in [1.807, 2.05) is 18.2 Å². The van der Waals surface area contributed by atoms with Crippen LogP contribution in [0.25, 0.3) is 0 Å². The van der Waals surface area contributed by atoms with E-state index in [2.05, 4.69) is 5.32 Å². The lowest BCUT2D eigenvalue weighted by Crippen LogP contribution is -2.44. The van der Waals surface area contributed by atoms with Crippen molar-refractivity contribution in [3.8, 4) is 0 Å². The lowest BCUT2D eigenvalue weighted by atomic mass is 10.1. The van der Waals surface area contributed by atoms with Crippen LogP contribution in [0.3, 0.4) is 0 Å². The van der Waals surface area contributed by atoms with Gasteiger partial charge in [-0.2, -0.15) is 0 Å². The number of anilines is 2. The summed E-state index contributed by atoms with van der Waals surface area (Å²) in [7, 11) is -3.11. The Morgan fingerprint density at radius 1 is 1.15 bits per heavy atom. The number of benzene rings is 2. The fraction of sp³-hybridized carbons (Fsp3) is 0.278. The highest BCUT2D eigenvalue weighted by Crippen LogP contribution is 2.27. The molecule has 26 heavy (non-hydrogen) atoms. The fourth-order valence-electron chi connectivity index (χ4n) is 3.02. The summed E-state index contributed by atoms with van der Waals surface area (Å²) in [5, 5.41) is 3.95. The van der Waals surface area contributed by atoms with E-state index in [0.29, 0.717) is 27.8 Å². The van der Waals surface area contributed by atoms with Crippen LogP contribution in [-0.4, -0.2) is 38.4 Å². The van der Waals surface area contributed by atoms with Crippen molar-refractivity contribution in [2.45, 2.75) is 12.5 Å². The highest BCUT2D eigenvalue weighted by atomic mass is 35.5. The summed E-state index contributed by atoms with van der Waals surface area (Å²) in [5.41, 5.74) is 1.23. The molecule has 2 aromatic carbocycles. The summed E-state index contributed by atoms with van der Waals surface area (Å²) < 4.78 is 23.8. The van der Waals surface area contributed by atoms with Crippen molar-refractivity contribution in [3.05, 3.63) is 58.6 Å². The van der Waals surface area contributed by atoms with Crippen LogP contribution in [0.2, 0.25) is 10.0 Å². The van der Waals surface area contributed by atoms with Crippen molar-refractivity contribution in [1.82, 2.24) is 0 Å². The van der Waals surface area contributed by atoms with E-state index < -0.39 is 9.84 Å². The second-order valence-electron chi connectivity index (χ2n) is 6.13. The molecular weight excluding hydrogens is 395 g/mol. The molecule has 5 nitrogen and oxygen atoms in total. The molecule has 1 aliphatic rings. The summed E-state index contributed by atoms with van der Waals surface area (Å²) in [5.74, 6) is -0.151. The predicted molar refractivity (Wildman–Crippen MR) is 106 cm³/mol. The molecule has 2 aromatic rings. The lowest BCUT2D eigenvalue weighted by Gasteiger charge is -2.28. The maximum absolute atomic E-state index is 12.9. The number of nitrogens with zero attached hydrogens (tertiary/aromatic N) is 1. The van der Waals surface area contributed by atoms with Crippen molar-refractivity contribution >= 4 is 50.3 Å². The summed E-state index contributed by atoms with van der Waals surface area (Å²) >= 11 is 12.1. The number of sulfone groups is 1. The molecule has 1 aliphatic heterocycles. The Balaban J connectivity index is 1.80. The highest BCUT2D eigenvalue weighted by molar-refractivity contribution is 7.91. The van der Waals surface area contributed by atoms with Gasteiger partial charge in [-0.05, 0) is 36.8 Å². The van der Waals surface area contributed by atoms with Gasteiger partial charge in [0.15, 0.2) is 9.84 Å². The highest BCUT2D eigenvalue weighted by Gasteiger charge is 2.35. The van der Waals surface area contributed by atoms with Gasteiger partial charge < -0.3 is 10.2 Å². The van der Waals surface area contributed by atoms with Crippen molar-refractivity contribution in [2.75, 3.05) is 28.3 Å². The third-order valence-corrected chi connectivity index (χ3v) is 6.55. The van der Waals surface area contributed by atoms with Gasteiger partial charge in [-0.3, -0.25) is 4.79 Å². The normalized spacial score (nSPS) is 18.5. The zero-order valence-electron chi connectivity index (χ0n) is 13.9. The minimum Gasteiger partial charge on any atom is -0.375 e. The minimum absolute atomic E-state index is 0.0223. The van der Waals surface area contributed by atoms with Crippen molar-refractivity contribution in [3.63, 3.8) is 0 Å². The van der Waals surface area contributed by atoms with E-state index in [4.69, 9.17) is 23.2 Å². The third-order valence-electron chi connectivity index (χ3n) is 4.24. The van der Waals surface area contributed by atoms with Crippen molar-refractivity contribution in [1.29, 1.82) is 0 Å². The van der Waals surface area contributed by atoms with Crippen LogP contribution in [0.1, 0.15) is 6.42 Å².